The van der Waals surface area contributed by atoms with Crippen LogP contribution in [0.25, 0.3) is 0 Å². The van der Waals surface area contributed by atoms with Crippen molar-refractivity contribution in [2.45, 2.75) is 52.2 Å². The lowest BCUT2D eigenvalue weighted by atomic mass is 9.89. The predicted molar refractivity (Wildman–Crippen MR) is 88.7 cm³/mol. The number of ether oxygens (including phenoxy) is 1. The quantitative estimate of drug-likeness (QED) is 0.900. The molecule has 2 rings (SSSR count). The van der Waals surface area contributed by atoms with Crippen LogP contribution in [-0.2, 0) is 6.54 Å². The molecular weight excluding hydrogens is 260 g/mol. The van der Waals surface area contributed by atoms with Crippen molar-refractivity contribution in [2.75, 3.05) is 20.2 Å². The summed E-state index contributed by atoms with van der Waals surface area (Å²) in [5, 5.41) is 3.75. The number of hydrogen-bond donors (Lipinski definition) is 1. The summed E-state index contributed by atoms with van der Waals surface area (Å²) in [6.45, 7) is 12.4. The molecule has 3 nitrogen and oxygen atoms in total. The van der Waals surface area contributed by atoms with E-state index in [0.29, 0.717) is 12.0 Å². The van der Waals surface area contributed by atoms with E-state index < -0.39 is 0 Å². The Kier molecular flexibility index (Phi) is 5.28. The maximum atomic E-state index is 5.35. The van der Waals surface area contributed by atoms with Crippen molar-refractivity contribution >= 4 is 0 Å². The molecule has 1 heterocycles. The van der Waals surface area contributed by atoms with Crippen molar-refractivity contribution in [1.82, 2.24) is 10.2 Å². The number of piperazine rings is 1. The molecule has 1 N–H and O–H groups in total. The highest BCUT2D eigenvalue weighted by Crippen LogP contribution is 2.25. The SMILES string of the molecule is CCC1(C)CN(Cc2cccc(OC)c2)C(C(C)C)CN1. The van der Waals surface area contributed by atoms with Crippen molar-refractivity contribution in [3.8, 4) is 5.75 Å². The normalized spacial score (nSPS) is 27.0. The van der Waals surface area contributed by atoms with E-state index in [2.05, 4.69) is 56.1 Å². The van der Waals surface area contributed by atoms with Crippen molar-refractivity contribution in [2.24, 2.45) is 5.92 Å². The maximum absolute atomic E-state index is 5.35. The lowest BCUT2D eigenvalue weighted by Crippen LogP contribution is -2.63. The predicted octanol–water partition coefficient (Wildman–Crippen LogP) is 3.29. The van der Waals surface area contributed by atoms with Gasteiger partial charge >= 0.3 is 0 Å². The minimum absolute atomic E-state index is 0.226. The topological polar surface area (TPSA) is 24.5 Å². The van der Waals surface area contributed by atoms with Crippen LogP contribution in [0, 0.1) is 5.92 Å². The van der Waals surface area contributed by atoms with Gasteiger partial charge in [-0.3, -0.25) is 4.90 Å². The lowest BCUT2D eigenvalue weighted by Gasteiger charge is -2.47. The summed E-state index contributed by atoms with van der Waals surface area (Å²) in [7, 11) is 1.73. The third kappa shape index (κ3) is 3.98. The minimum atomic E-state index is 0.226. The summed E-state index contributed by atoms with van der Waals surface area (Å²) in [6.07, 6.45) is 1.16. The average Bonchev–Trinajstić information content (AvgIpc) is 2.47. The fraction of sp³-hybridized carbons (Fsp3) is 0.667. The Labute approximate surface area is 129 Å². The fourth-order valence-corrected chi connectivity index (χ4v) is 3.17. The van der Waals surface area contributed by atoms with E-state index in [0.717, 1.165) is 31.8 Å². The zero-order valence-corrected chi connectivity index (χ0v) is 14.1. The van der Waals surface area contributed by atoms with Crippen LogP contribution in [0.3, 0.4) is 0 Å². The van der Waals surface area contributed by atoms with Gasteiger partial charge in [0.15, 0.2) is 0 Å². The molecule has 3 heteroatoms. The molecule has 1 saturated heterocycles. The standard InChI is InChI=1S/C18H30N2O/c1-6-18(4)13-20(17(11-19-18)14(2)3)12-15-8-7-9-16(10-15)21-5/h7-10,14,17,19H,6,11-13H2,1-5H3. The van der Waals surface area contributed by atoms with Gasteiger partial charge in [0, 0.05) is 31.2 Å². The van der Waals surface area contributed by atoms with Gasteiger partial charge in [-0.15, -0.1) is 0 Å². The number of rotatable bonds is 5. The molecule has 118 valence electrons. The van der Waals surface area contributed by atoms with Crippen LogP contribution in [0.5, 0.6) is 5.75 Å². The van der Waals surface area contributed by atoms with Crippen molar-refractivity contribution < 1.29 is 4.74 Å². The summed E-state index contributed by atoms with van der Waals surface area (Å²) in [4.78, 5) is 2.64. The largest absolute Gasteiger partial charge is 0.497 e. The highest BCUT2D eigenvalue weighted by atomic mass is 16.5. The molecule has 1 aromatic rings. The van der Waals surface area contributed by atoms with Crippen LogP contribution in [-0.4, -0.2) is 36.7 Å². The van der Waals surface area contributed by atoms with Gasteiger partial charge in [-0.05, 0) is 37.0 Å². The van der Waals surface area contributed by atoms with Crippen LogP contribution < -0.4 is 10.1 Å². The van der Waals surface area contributed by atoms with Gasteiger partial charge in [0.2, 0.25) is 0 Å². The molecule has 0 bridgehead atoms. The van der Waals surface area contributed by atoms with Crippen molar-refractivity contribution in [3.05, 3.63) is 29.8 Å². The van der Waals surface area contributed by atoms with Crippen LogP contribution >= 0.6 is 0 Å². The van der Waals surface area contributed by atoms with Crippen LogP contribution in [0.1, 0.15) is 39.7 Å². The number of nitrogens with zero attached hydrogens (tertiary/aromatic N) is 1. The van der Waals surface area contributed by atoms with Gasteiger partial charge in [0.05, 0.1) is 7.11 Å². The zero-order chi connectivity index (χ0) is 15.5. The van der Waals surface area contributed by atoms with Crippen LogP contribution in [0.15, 0.2) is 24.3 Å². The molecule has 0 saturated carbocycles. The monoisotopic (exact) mass is 290 g/mol. The first-order valence-electron chi connectivity index (χ1n) is 8.09. The molecule has 0 spiro atoms. The Bertz CT molecular complexity index is 460. The second-order valence-corrected chi connectivity index (χ2v) is 6.86. The highest BCUT2D eigenvalue weighted by molar-refractivity contribution is 5.28. The third-order valence-electron chi connectivity index (χ3n) is 4.83. The van der Waals surface area contributed by atoms with Crippen LogP contribution in [0.2, 0.25) is 0 Å². The van der Waals surface area contributed by atoms with Gasteiger partial charge < -0.3 is 10.1 Å². The van der Waals surface area contributed by atoms with E-state index in [1.165, 1.54) is 5.56 Å². The number of benzene rings is 1. The Morgan fingerprint density at radius 2 is 2.19 bits per heavy atom. The van der Waals surface area contributed by atoms with Crippen molar-refractivity contribution in [3.63, 3.8) is 0 Å². The molecular formula is C18H30N2O. The van der Waals surface area contributed by atoms with Gasteiger partial charge in [0.25, 0.3) is 0 Å². The fourth-order valence-electron chi connectivity index (χ4n) is 3.17. The van der Waals surface area contributed by atoms with E-state index in [-0.39, 0.29) is 5.54 Å². The number of methoxy groups -OCH3 is 1. The van der Waals surface area contributed by atoms with E-state index in [4.69, 9.17) is 4.74 Å². The van der Waals surface area contributed by atoms with E-state index in [1.807, 2.05) is 6.07 Å². The average molecular weight is 290 g/mol. The maximum Gasteiger partial charge on any atom is 0.119 e. The summed E-state index contributed by atoms with van der Waals surface area (Å²) >= 11 is 0. The first-order chi connectivity index (χ1) is 9.97. The Balaban J connectivity index is 2.15. The van der Waals surface area contributed by atoms with Gasteiger partial charge in [0.1, 0.15) is 5.75 Å². The Morgan fingerprint density at radius 3 is 2.81 bits per heavy atom. The van der Waals surface area contributed by atoms with Gasteiger partial charge in [-0.1, -0.05) is 32.9 Å². The summed E-state index contributed by atoms with van der Waals surface area (Å²) in [6, 6.07) is 9.04. The van der Waals surface area contributed by atoms with Gasteiger partial charge in [-0.2, -0.15) is 0 Å². The first-order valence-corrected chi connectivity index (χ1v) is 8.09. The molecule has 2 atom stereocenters. The second-order valence-electron chi connectivity index (χ2n) is 6.86. The van der Waals surface area contributed by atoms with E-state index in [9.17, 15) is 0 Å². The summed E-state index contributed by atoms with van der Waals surface area (Å²) < 4.78 is 5.35. The second kappa shape index (κ2) is 6.80. The molecule has 21 heavy (non-hydrogen) atoms. The van der Waals surface area contributed by atoms with E-state index in [1.54, 1.807) is 7.11 Å². The molecule has 0 aromatic heterocycles. The van der Waals surface area contributed by atoms with Crippen molar-refractivity contribution in [1.29, 1.82) is 0 Å². The van der Waals surface area contributed by atoms with Gasteiger partial charge in [-0.25, -0.2) is 0 Å². The number of hydrogen-bond acceptors (Lipinski definition) is 3. The molecule has 0 radical (unpaired) electrons. The highest BCUT2D eigenvalue weighted by Gasteiger charge is 2.35. The Morgan fingerprint density at radius 1 is 1.43 bits per heavy atom. The van der Waals surface area contributed by atoms with E-state index >= 15 is 0 Å². The Hall–Kier alpha value is -1.06. The molecule has 0 amide bonds. The molecule has 1 fully saturated rings. The molecule has 2 unspecified atom stereocenters. The molecule has 1 aliphatic rings. The smallest absolute Gasteiger partial charge is 0.119 e. The third-order valence-corrected chi connectivity index (χ3v) is 4.83. The minimum Gasteiger partial charge on any atom is -0.497 e. The zero-order valence-electron chi connectivity index (χ0n) is 14.1. The number of nitrogens with one attached hydrogen (secondary N) is 1. The molecule has 1 aromatic carbocycles. The summed E-state index contributed by atoms with van der Waals surface area (Å²) in [5.74, 6) is 1.60. The lowest BCUT2D eigenvalue weighted by molar-refractivity contribution is 0.0539. The molecule has 1 aliphatic heterocycles. The first kappa shape index (κ1) is 16.3. The summed E-state index contributed by atoms with van der Waals surface area (Å²) in [5.41, 5.74) is 1.56. The molecule has 0 aliphatic carbocycles. The van der Waals surface area contributed by atoms with Crippen LogP contribution in [0.4, 0.5) is 0 Å².